The van der Waals surface area contributed by atoms with Crippen molar-refractivity contribution in [2.45, 2.75) is 18.7 Å². The smallest absolute Gasteiger partial charge is 0.421 e. The Balaban J connectivity index is 1.93. The molecule has 1 saturated heterocycles. The fourth-order valence-corrected chi connectivity index (χ4v) is 2.84. The molecule has 1 aromatic carbocycles. The number of benzene rings is 1. The minimum atomic E-state index is -4.49. The lowest BCUT2D eigenvalue weighted by molar-refractivity contribution is -0.139. The zero-order valence-electron chi connectivity index (χ0n) is 12.4. The van der Waals surface area contributed by atoms with Gasteiger partial charge in [0.1, 0.15) is 11.7 Å². The zero-order chi connectivity index (χ0) is 16.3. The topological polar surface area (TPSA) is 34.1 Å². The van der Waals surface area contributed by atoms with E-state index in [1.54, 1.807) is 0 Å². The summed E-state index contributed by atoms with van der Waals surface area (Å²) in [5, 5.41) is 3.23. The molecule has 2 aromatic rings. The molecule has 3 rings (SSSR count). The van der Waals surface area contributed by atoms with Crippen LogP contribution in [0.3, 0.4) is 0 Å². The van der Waals surface area contributed by atoms with Gasteiger partial charge in [-0.2, -0.15) is 13.2 Å². The van der Waals surface area contributed by atoms with Crippen LogP contribution in [-0.2, 0) is 6.18 Å². The molecular formula is C17H17F3N2O. The molecule has 0 spiro atoms. The summed E-state index contributed by atoms with van der Waals surface area (Å²) in [5.41, 5.74) is 0.0202. The number of hydrogen-bond donors (Lipinski definition) is 1. The molecule has 1 aliphatic heterocycles. The van der Waals surface area contributed by atoms with Crippen LogP contribution in [0, 0.1) is 5.92 Å². The molecule has 0 aliphatic carbocycles. The number of aromatic nitrogens is 1. The molecule has 3 nitrogen and oxygen atoms in total. The molecule has 1 aliphatic rings. The Morgan fingerprint density at radius 2 is 1.91 bits per heavy atom. The molecule has 1 fully saturated rings. The molecular weight excluding hydrogens is 305 g/mol. The van der Waals surface area contributed by atoms with E-state index in [0.717, 1.165) is 24.6 Å². The lowest BCUT2D eigenvalue weighted by Crippen LogP contribution is -2.23. The van der Waals surface area contributed by atoms with Crippen LogP contribution in [0.4, 0.5) is 13.2 Å². The van der Waals surface area contributed by atoms with Gasteiger partial charge < -0.3 is 10.1 Å². The summed E-state index contributed by atoms with van der Waals surface area (Å²) in [6.07, 6.45) is -2.77. The maximum absolute atomic E-state index is 13.1. The fourth-order valence-electron chi connectivity index (χ4n) is 2.84. The second-order valence-corrected chi connectivity index (χ2v) is 5.56. The molecule has 1 aromatic heterocycles. The summed E-state index contributed by atoms with van der Waals surface area (Å²) < 4.78 is 45.2. The maximum Gasteiger partial charge on any atom is 0.421 e. The highest BCUT2D eigenvalue weighted by Crippen LogP contribution is 2.38. The van der Waals surface area contributed by atoms with Gasteiger partial charge in [0.15, 0.2) is 0 Å². The van der Waals surface area contributed by atoms with E-state index in [1.165, 1.54) is 12.3 Å². The van der Waals surface area contributed by atoms with Gasteiger partial charge in [0, 0.05) is 18.7 Å². The standard InChI is InChI=1S/C17H17F3N2O/c18-17(19,20)14-7-4-9-22-16(14)23-15(13-8-10-21-11-13)12-5-2-1-3-6-12/h1-7,9,13,15,21H,8,10-11H2/t13?,15-/m0/s1. The summed E-state index contributed by atoms with van der Waals surface area (Å²) in [6.45, 7) is 1.56. The first-order valence-corrected chi connectivity index (χ1v) is 7.50. The van der Waals surface area contributed by atoms with Gasteiger partial charge in [-0.15, -0.1) is 0 Å². The van der Waals surface area contributed by atoms with E-state index in [4.69, 9.17) is 4.74 Å². The number of pyridine rings is 1. The Bertz CT molecular complexity index is 640. The number of hydrogen-bond acceptors (Lipinski definition) is 3. The van der Waals surface area contributed by atoms with Gasteiger partial charge in [-0.25, -0.2) is 4.98 Å². The van der Waals surface area contributed by atoms with Crippen molar-refractivity contribution in [1.82, 2.24) is 10.3 Å². The van der Waals surface area contributed by atoms with E-state index in [1.807, 2.05) is 30.3 Å². The number of halogens is 3. The molecule has 2 heterocycles. The first kappa shape index (κ1) is 15.8. The third-order valence-electron chi connectivity index (χ3n) is 3.97. The van der Waals surface area contributed by atoms with Gasteiger partial charge in [0.25, 0.3) is 0 Å². The zero-order valence-corrected chi connectivity index (χ0v) is 12.4. The van der Waals surface area contributed by atoms with E-state index in [0.29, 0.717) is 6.54 Å². The second kappa shape index (κ2) is 6.58. The Labute approximate surface area is 132 Å². The highest BCUT2D eigenvalue weighted by Gasteiger charge is 2.37. The summed E-state index contributed by atoms with van der Waals surface area (Å²) in [4.78, 5) is 3.82. The predicted molar refractivity (Wildman–Crippen MR) is 80.0 cm³/mol. The van der Waals surface area contributed by atoms with Crippen molar-refractivity contribution in [3.63, 3.8) is 0 Å². The normalized spacial score (nSPS) is 19.5. The van der Waals surface area contributed by atoms with E-state index >= 15 is 0 Å². The van der Waals surface area contributed by atoms with Crippen molar-refractivity contribution < 1.29 is 17.9 Å². The van der Waals surface area contributed by atoms with Crippen LogP contribution in [0.25, 0.3) is 0 Å². The minimum absolute atomic E-state index is 0.112. The predicted octanol–water partition coefficient (Wildman–Crippen LogP) is 3.83. The number of alkyl halides is 3. The van der Waals surface area contributed by atoms with Gasteiger partial charge in [-0.1, -0.05) is 30.3 Å². The van der Waals surface area contributed by atoms with E-state index < -0.39 is 17.8 Å². The van der Waals surface area contributed by atoms with Gasteiger partial charge >= 0.3 is 6.18 Å². The van der Waals surface area contributed by atoms with Crippen LogP contribution < -0.4 is 10.1 Å². The van der Waals surface area contributed by atoms with Crippen LogP contribution in [0.15, 0.2) is 48.7 Å². The first-order chi connectivity index (χ1) is 11.1. The molecule has 23 heavy (non-hydrogen) atoms. The van der Waals surface area contributed by atoms with Crippen molar-refractivity contribution in [2.24, 2.45) is 5.92 Å². The van der Waals surface area contributed by atoms with Crippen molar-refractivity contribution in [2.75, 3.05) is 13.1 Å². The molecule has 0 bridgehead atoms. The van der Waals surface area contributed by atoms with Gasteiger partial charge in [0.2, 0.25) is 5.88 Å². The molecule has 0 amide bonds. The van der Waals surface area contributed by atoms with Crippen LogP contribution in [-0.4, -0.2) is 18.1 Å². The van der Waals surface area contributed by atoms with Crippen LogP contribution in [0.5, 0.6) is 5.88 Å². The Morgan fingerprint density at radius 1 is 1.13 bits per heavy atom. The van der Waals surface area contributed by atoms with Crippen molar-refractivity contribution in [1.29, 1.82) is 0 Å². The van der Waals surface area contributed by atoms with Crippen LogP contribution in [0.1, 0.15) is 23.7 Å². The third-order valence-corrected chi connectivity index (χ3v) is 3.97. The largest absolute Gasteiger partial charge is 0.469 e. The minimum Gasteiger partial charge on any atom is -0.469 e. The molecule has 0 radical (unpaired) electrons. The summed E-state index contributed by atoms with van der Waals surface area (Å²) in [7, 11) is 0. The number of nitrogens with zero attached hydrogens (tertiary/aromatic N) is 1. The van der Waals surface area contributed by atoms with Gasteiger partial charge in [0.05, 0.1) is 0 Å². The fraction of sp³-hybridized carbons (Fsp3) is 0.353. The quantitative estimate of drug-likeness (QED) is 0.929. The van der Waals surface area contributed by atoms with Crippen molar-refractivity contribution in [3.05, 3.63) is 59.8 Å². The molecule has 1 N–H and O–H groups in total. The van der Waals surface area contributed by atoms with Crippen molar-refractivity contribution in [3.8, 4) is 5.88 Å². The molecule has 0 saturated carbocycles. The van der Waals surface area contributed by atoms with Gasteiger partial charge in [-0.3, -0.25) is 0 Å². The average molecular weight is 322 g/mol. The van der Waals surface area contributed by atoms with E-state index in [-0.39, 0.29) is 11.8 Å². The number of nitrogens with one attached hydrogen (secondary N) is 1. The SMILES string of the molecule is FC(F)(F)c1cccnc1O[C@@H](c1ccccc1)C1CCNC1. The summed E-state index contributed by atoms with van der Waals surface area (Å²) in [6, 6.07) is 11.6. The van der Waals surface area contributed by atoms with Crippen molar-refractivity contribution >= 4 is 0 Å². The number of rotatable bonds is 4. The monoisotopic (exact) mass is 322 g/mol. The van der Waals surface area contributed by atoms with Gasteiger partial charge in [-0.05, 0) is 30.7 Å². The maximum atomic E-state index is 13.1. The highest BCUT2D eigenvalue weighted by atomic mass is 19.4. The molecule has 2 atom stereocenters. The van der Waals surface area contributed by atoms with E-state index in [2.05, 4.69) is 10.3 Å². The Kier molecular flexibility index (Phi) is 4.52. The third kappa shape index (κ3) is 3.64. The van der Waals surface area contributed by atoms with Crippen LogP contribution in [0.2, 0.25) is 0 Å². The van der Waals surface area contributed by atoms with Crippen LogP contribution >= 0.6 is 0 Å². The second-order valence-electron chi connectivity index (χ2n) is 5.56. The average Bonchev–Trinajstić information content (AvgIpc) is 3.07. The summed E-state index contributed by atoms with van der Waals surface area (Å²) >= 11 is 0. The Morgan fingerprint density at radius 3 is 2.57 bits per heavy atom. The Hall–Kier alpha value is -2.08. The first-order valence-electron chi connectivity index (χ1n) is 7.50. The summed E-state index contributed by atoms with van der Waals surface area (Å²) in [5.74, 6) is -0.249. The lowest BCUT2D eigenvalue weighted by Gasteiger charge is -2.25. The lowest BCUT2D eigenvalue weighted by atomic mass is 9.95. The molecule has 122 valence electrons. The molecule has 6 heteroatoms. The highest BCUT2D eigenvalue weighted by molar-refractivity contribution is 5.30. The van der Waals surface area contributed by atoms with E-state index in [9.17, 15) is 13.2 Å². The number of ether oxygens (including phenoxy) is 1. The molecule has 1 unspecified atom stereocenters.